The molecule has 0 aliphatic rings. The van der Waals surface area contributed by atoms with Gasteiger partial charge in [-0.3, -0.25) is 19.2 Å². The largest absolute Gasteiger partial charge is 0.481 e. The van der Waals surface area contributed by atoms with Gasteiger partial charge < -0.3 is 39.6 Å². The first kappa shape index (κ1) is 32.1. The van der Waals surface area contributed by atoms with Gasteiger partial charge in [-0.1, -0.05) is 12.1 Å². The Labute approximate surface area is 217 Å². The fourth-order valence-electron chi connectivity index (χ4n) is 2.91. The van der Waals surface area contributed by atoms with E-state index in [9.17, 15) is 19.2 Å². The van der Waals surface area contributed by atoms with Crippen molar-refractivity contribution in [1.29, 1.82) is 0 Å². The highest BCUT2D eigenvalue weighted by molar-refractivity contribution is 5.94. The molecule has 12 heteroatoms. The van der Waals surface area contributed by atoms with Crippen LogP contribution in [0.3, 0.4) is 0 Å². The lowest BCUT2D eigenvalue weighted by molar-refractivity contribution is -0.137. The second-order valence-corrected chi connectivity index (χ2v) is 8.22. The summed E-state index contributed by atoms with van der Waals surface area (Å²) in [6.07, 6.45) is 0.0825. The van der Waals surface area contributed by atoms with Gasteiger partial charge in [-0.2, -0.15) is 0 Å². The summed E-state index contributed by atoms with van der Waals surface area (Å²) in [7, 11) is 1.85. The Morgan fingerprint density at radius 1 is 0.811 bits per heavy atom. The third kappa shape index (κ3) is 18.1. The molecule has 0 atom stereocenters. The predicted molar refractivity (Wildman–Crippen MR) is 134 cm³/mol. The van der Waals surface area contributed by atoms with E-state index in [1.54, 1.807) is 12.1 Å². The van der Waals surface area contributed by atoms with Crippen LogP contribution in [-0.4, -0.2) is 113 Å². The molecule has 0 radical (unpaired) electrons. The standard InChI is InChI=1S/C25H39N3O9/c1-20(29)18-36-15-13-34-11-8-26-23(30)19-37-16-14-35-12-9-27-25(33)22-5-3-21(4-6-22)17-28(2)10-7-24(31)32/h3-6H,7-19H2,1-2H3,(H,26,30)(H,27,33)(H,31,32). The molecule has 0 saturated carbocycles. The second kappa shape index (κ2) is 20.2. The van der Waals surface area contributed by atoms with Gasteiger partial charge in [-0.15, -0.1) is 0 Å². The number of hydrogen-bond acceptors (Lipinski definition) is 9. The summed E-state index contributed by atoms with van der Waals surface area (Å²) in [5, 5.41) is 14.2. The van der Waals surface area contributed by atoms with Crippen LogP contribution in [0.15, 0.2) is 24.3 Å². The Bertz CT molecular complexity index is 818. The topological polar surface area (TPSA) is 153 Å². The molecule has 1 aromatic carbocycles. The van der Waals surface area contributed by atoms with Crippen LogP contribution < -0.4 is 10.6 Å². The van der Waals surface area contributed by atoms with Gasteiger partial charge in [0.15, 0.2) is 5.78 Å². The van der Waals surface area contributed by atoms with Gasteiger partial charge >= 0.3 is 5.97 Å². The van der Waals surface area contributed by atoms with Crippen LogP contribution in [0, 0.1) is 0 Å². The summed E-state index contributed by atoms with van der Waals surface area (Å²) in [6, 6.07) is 7.15. The van der Waals surface area contributed by atoms with Gasteiger partial charge in [-0.25, -0.2) is 0 Å². The van der Waals surface area contributed by atoms with Crippen LogP contribution in [-0.2, 0) is 39.9 Å². The molecule has 0 aliphatic heterocycles. The zero-order valence-corrected chi connectivity index (χ0v) is 21.7. The summed E-state index contributed by atoms with van der Waals surface area (Å²) in [6.45, 7) is 5.00. The van der Waals surface area contributed by atoms with Crippen molar-refractivity contribution in [3.8, 4) is 0 Å². The molecule has 0 aromatic heterocycles. The second-order valence-electron chi connectivity index (χ2n) is 8.22. The van der Waals surface area contributed by atoms with Crippen LogP contribution in [0.2, 0.25) is 0 Å². The number of carbonyl (C=O) groups is 4. The van der Waals surface area contributed by atoms with E-state index in [-0.39, 0.29) is 50.4 Å². The van der Waals surface area contributed by atoms with Crippen LogP contribution in [0.5, 0.6) is 0 Å². The van der Waals surface area contributed by atoms with E-state index >= 15 is 0 Å². The van der Waals surface area contributed by atoms with Crippen molar-refractivity contribution in [2.75, 3.05) is 79.5 Å². The quantitative estimate of drug-likeness (QED) is 0.178. The van der Waals surface area contributed by atoms with E-state index < -0.39 is 5.97 Å². The van der Waals surface area contributed by atoms with Gasteiger partial charge in [0.2, 0.25) is 5.91 Å². The third-order valence-electron chi connectivity index (χ3n) is 4.76. The Morgan fingerprint density at radius 3 is 1.97 bits per heavy atom. The number of hydrogen-bond donors (Lipinski definition) is 3. The summed E-state index contributed by atoms with van der Waals surface area (Å²) in [5.74, 6) is -1.35. The molecule has 0 unspecified atom stereocenters. The highest BCUT2D eigenvalue weighted by Gasteiger charge is 2.07. The van der Waals surface area contributed by atoms with Crippen LogP contribution in [0.25, 0.3) is 0 Å². The van der Waals surface area contributed by atoms with E-state index in [0.29, 0.717) is 58.2 Å². The van der Waals surface area contributed by atoms with Gasteiger partial charge in [0.05, 0.1) is 46.1 Å². The number of ether oxygens (including phenoxy) is 4. The first-order chi connectivity index (χ1) is 17.8. The SMILES string of the molecule is CC(=O)COCCOCCNC(=O)COCCOCCNC(=O)c1ccc(CN(C)CCC(=O)O)cc1. The Kier molecular flexibility index (Phi) is 17.5. The number of carbonyl (C=O) groups excluding carboxylic acids is 3. The fraction of sp³-hybridized carbons (Fsp3) is 0.600. The molecule has 0 fully saturated rings. The Morgan fingerprint density at radius 2 is 1.38 bits per heavy atom. The highest BCUT2D eigenvalue weighted by Crippen LogP contribution is 2.07. The first-order valence-corrected chi connectivity index (χ1v) is 12.1. The molecule has 12 nitrogen and oxygen atoms in total. The summed E-state index contributed by atoms with van der Waals surface area (Å²) in [4.78, 5) is 47.1. The molecule has 0 aliphatic carbocycles. The number of benzene rings is 1. The van der Waals surface area contributed by atoms with Crippen LogP contribution >= 0.6 is 0 Å². The highest BCUT2D eigenvalue weighted by atomic mass is 16.5. The molecule has 0 heterocycles. The van der Waals surface area contributed by atoms with E-state index in [1.807, 2.05) is 24.1 Å². The molecule has 0 spiro atoms. The normalized spacial score (nSPS) is 10.9. The van der Waals surface area contributed by atoms with Crippen molar-refractivity contribution in [1.82, 2.24) is 15.5 Å². The Balaban J connectivity index is 2.00. The molecule has 1 rings (SSSR count). The van der Waals surface area contributed by atoms with Gasteiger partial charge in [0, 0.05) is 31.7 Å². The maximum absolute atomic E-state index is 12.2. The molecule has 0 bridgehead atoms. The third-order valence-corrected chi connectivity index (χ3v) is 4.76. The van der Waals surface area contributed by atoms with Crippen molar-refractivity contribution in [3.63, 3.8) is 0 Å². The molecular formula is C25H39N3O9. The number of amides is 2. The number of carboxylic acids is 1. The average molecular weight is 526 g/mol. The van der Waals surface area contributed by atoms with E-state index in [4.69, 9.17) is 24.1 Å². The maximum atomic E-state index is 12.2. The van der Waals surface area contributed by atoms with Gasteiger partial charge in [0.25, 0.3) is 5.91 Å². The number of carboxylic acid groups (broad SMARTS) is 1. The Hall–Kier alpha value is -2.90. The molecule has 0 saturated heterocycles. The summed E-state index contributed by atoms with van der Waals surface area (Å²) in [5.41, 5.74) is 1.51. The number of aliphatic carboxylic acids is 1. The minimum atomic E-state index is -0.831. The molecular weight excluding hydrogens is 486 g/mol. The minimum Gasteiger partial charge on any atom is -0.481 e. The van der Waals surface area contributed by atoms with Crippen LogP contribution in [0.1, 0.15) is 29.3 Å². The number of ketones is 1. The lowest BCUT2D eigenvalue weighted by atomic mass is 10.1. The molecule has 2 amide bonds. The summed E-state index contributed by atoms with van der Waals surface area (Å²) < 4.78 is 21.0. The zero-order chi connectivity index (χ0) is 27.3. The maximum Gasteiger partial charge on any atom is 0.304 e. The first-order valence-electron chi connectivity index (χ1n) is 12.1. The van der Waals surface area contributed by atoms with Gasteiger partial charge in [-0.05, 0) is 31.7 Å². The molecule has 37 heavy (non-hydrogen) atoms. The van der Waals surface area contributed by atoms with Crippen molar-refractivity contribution in [2.24, 2.45) is 0 Å². The van der Waals surface area contributed by atoms with E-state index in [1.165, 1.54) is 6.92 Å². The predicted octanol–water partition coefficient (Wildman–Crippen LogP) is 0.0945. The number of nitrogens with zero attached hydrogens (tertiary/aromatic N) is 1. The average Bonchev–Trinajstić information content (AvgIpc) is 2.86. The number of nitrogens with one attached hydrogen (secondary N) is 2. The van der Waals surface area contributed by atoms with E-state index in [2.05, 4.69) is 10.6 Å². The van der Waals surface area contributed by atoms with E-state index in [0.717, 1.165) is 5.56 Å². The molecule has 208 valence electrons. The van der Waals surface area contributed by atoms with Gasteiger partial charge in [0.1, 0.15) is 13.2 Å². The number of rotatable bonds is 22. The molecule has 3 N–H and O–H groups in total. The minimum absolute atomic E-state index is 0.0412. The van der Waals surface area contributed by atoms with Crippen molar-refractivity contribution < 1.29 is 43.2 Å². The lowest BCUT2D eigenvalue weighted by Gasteiger charge is -2.15. The smallest absolute Gasteiger partial charge is 0.304 e. The van der Waals surface area contributed by atoms with Crippen LogP contribution in [0.4, 0.5) is 0 Å². The van der Waals surface area contributed by atoms with Crippen molar-refractivity contribution in [3.05, 3.63) is 35.4 Å². The number of Topliss-reactive ketones (excluding diaryl/α,β-unsaturated/α-hetero) is 1. The zero-order valence-electron chi connectivity index (χ0n) is 21.7. The fourth-order valence-corrected chi connectivity index (χ4v) is 2.91. The lowest BCUT2D eigenvalue weighted by Crippen LogP contribution is -2.31. The summed E-state index contributed by atoms with van der Waals surface area (Å²) >= 11 is 0. The molecule has 1 aromatic rings. The van der Waals surface area contributed by atoms with Crippen molar-refractivity contribution in [2.45, 2.75) is 19.9 Å². The monoisotopic (exact) mass is 525 g/mol. The van der Waals surface area contributed by atoms with Crippen molar-refractivity contribution >= 4 is 23.6 Å².